The molecule has 0 heterocycles. The van der Waals surface area contributed by atoms with Crippen LogP contribution in [0.3, 0.4) is 0 Å². The van der Waals surface area contributed by atoms with Gasteiger partial charge >= 0.3 is 0 Å². The molecule has 0 unspecified atom stereocenters. The second-order valence-corrected chi connectivity index (χ2v) is 16.2. The highest BCUT2D eigenvalue weighted by Crippen LogP contribution is 2.55. The minimum atomic E-state index is -0.137. The highest BCUT2D eigenvalue weighted by atomic mass is 15.1. The van der Waals surface area contributed by atoms with Gasteiger partial charge in [-0.2, -0.15) is 0 Å². The first-order chi connectivity index (χ1) is 26.8. The number of hydrogen-bond acceptors (Lipinski definition) is 1. The third-order valence-corrected chi connectivity index (χ3v) is 12.3. The summed E-state index contributed by atoms with van der Waals surface area (Å²) in [5.74, 6) is 0. The van der Waals surface area contributed by atoms with E-state index in [-0.39, 0.29) is 10.8 Å². The van der Waals surface area contributed by atoms with E-state index in [0.29, 0.717) is 0 Å². The van der Waals surface area contributed by atoms with Crippen LogP contribution in [0, 0.1) is 0 Å². The van der Waals surface area contributed by atoms with Crippen molar-refractivity contribution in [2.75, 3.05) is 4.90 Å². The summed E-state index contributed by atoms with van der Waals surface area (Å²) in [5.41, 5.74) is 21.4. The Bertz CT molecular complexity index is 2720. The Balaban J connectivity index is 1.15. The minimum absolute atomic E-state index is 0.112. The highest BCUT2D eigenvalue weighted by molar-refractivity contribution is 5.94. The van der Waals surface area contributed by atoms with Crippen LogP contribution in [0.4, 0.5) is 17.1 Å². The van der Waals surface area contributed by atoms with Gasteiger partial charge in [-0.1, -0.05) is 179 Å². The van der Waals surface area contributed by atoms with Gasteiger partial charge in [0.1, 0.15) is 0 Å². The monoisotopic (exact) mass is 705 g/mol. The molecule has 0 saturated carbocycles. The zero-order valence-electron chi connectivity index (χ0n) is 31.8. The normalized spacial score (nSPS) is 14.1. The summed E-state index contributed by atoms with van der Waals surface area (Å²) in [5, 5.41) is 0. The quantitative estimate of drug-likeness (QED) is 0.166. The van der Waals surface area contributed by atoms with Crippen LogP contribution in [0.25, 0.3) is 55.6 Å². The van der Waals surface area contributed by atoms with Gasteiger partial charge in [-0.05, 0) is 114 Å². The molecule has 0 spiro atoms. The van der Waals surface area contributed by atoms with Crippen molar-refractivity contribution >= 4 is 17.1 Å². The molecule has 0 atom stereocenters. The fourth-order valence-corrected chi connectivity index (χ4v) is 9.45. The standard InChI is InChI=1S/C54H43N/c1-53(2)49-21-13-11-19-44(49)46-32-31-42(35-51(46)53)55(41-29-27-39(28-30-41)38-25-23-37(24-26-38)36-15-7-5-8-16-36)43-33-47(40-17-9-6-10-18-40)52-48(34-43)45-20-12-14-22-50(45)54(52,3)4/h5-35H,1-4H3. The summed E-state index contributed by atoms with van der Waals surface area (Å²) in [7, 11) is 0. The smallest absolute Gasteiger partial charge is 0.0474 e. The summed E-state index contributed by atoms with van der Waals surface area (Å²) in [6, 6.07) is 69.5. The Morgan fingerprint density at radius 1 is 0.291 bits per heavy atom. The average molecular weight is 706 g/mol. The Kier molecular flexibility index (Phi) is 7.58. The Morgan fingerprint density at radius 3 is 1.35 bits per heavy atom. The molecule has 0 aliphatic heterocycles. The topological polar surface area (TPSA) is 3.24 Å². The van der Waals surface area contributed by atoms with E-state index in [9.17, 15) is 0 Å². The molecule has 0 bridgehead atoms. The van der Waals surface area contributed by atoms with Gasteiger partial charge in [-0.25, -0.2) is 0 Å². The van der Waals surface area contributed by atoms with Gasteiger partial charge < -0.3 is 4.90 Å². The zero-order valence-corrected chi connectivity index (χ0v) is 31.8. The molecule has 8 aromatic carbocycles. The van der Waals surface area contributed by atoms with Crippen molar-refractivity contribution in [1.82, 2.24) is 0 Å². The lowest BCUT2D eigenvalue weighted by atomic mass is 9.78. The first-order valence-electron chi connectivity index (χ1n) is 19.4. The molecule has 2 aliphatic carbocycles. The molecule has 55 heavy (non-hydrogen) atoms. The second kappa shape index (κ2) is 12.6. The maximum absolute atomic E-state index is 2.47. The molecule has 264 valence electrons. The Labute approximate surface area is 325 Å². The van der Waals surface area contributed by atoms with Crippen molar-refractivity contribution in [3.05, 3.63) is 210 Å². The number of fused-ring (bicyclic) bond motifs is 6. The van der Waals surface area contributed by atoms with E-state index in [1.807, 2.05) is 0 Å². The number of rotatable bonds is 6. The van der Waals surface area contributed by atoms with Crippen molar-refractivity contribution in [3.8, 4) is 55.6 Å². The number of benzene rings is 8. The first-order valence-corrected chi connectivity index (χ1v) is 19.4. The molecule has 0 aromatic heterocycles. The predicted molar refractivity (Wildman–Crippen MR) is 233 cm³/mol. The summed E-state index contributed by atoms with van der Waals surface area (Å²) < 4.78 is 0. The number of anilines is 3. The van der Waals surface area contributed by atoms with Crippen LogP contribution in [-0.2, 0) is 10.8 Å². The molecule has 1 heteroatoms. The van der Waals surface area contributed by atoms with E-state index in [1.165, 1.54) is 77.9 Å². The summed E-state index contributed by atoms with van der Waals surface area (Å²) in [6.07, 6.45) is 0. The Hall–Kier alpha value is -6.44. The molecule has 0 amide bonds. The van der Waals surface area contributed by atoms with Gasteiger partial charge in [0.2, 0.25) is 0 Å². The lowest BCUT2D eigenvalue weighted by Gasteiger charge is -2.30. The van der Waals surface area contributed by atoms with Crippen molar-refractivity contribution < 1.29 is 0 Å². The number of nitrogens with zero attached hydrogens (tertiary/aromatic N) is 1. The first kappa shape index (κ1) is 33.2. The van der Waals surface area contributed by atoms with Crippen LogP contribution < -0.4 is 4.90 Å². The lowest BCUT2D eigenvalue weighted by Crippen LogP contribution is -2.18. The summed E-state index contributed by atoms with van der Waals surface area (Å²) in [6.45, 7) is 9.50. The van der Waals surface area contributed by atoms with E-state index < -0.39 is 0 Å². The zero-order chi connectivity index (χ0) is 37.3. The van der Waals surface area contributed by atoms with E-state index in [1.54, 1.807) is 0 Å². The molecule has 0 saturated heterocycles. The van der Waals surface area contributed by atoms with Gasteiger partial charge in [0.15, 0.2) is 0 Å². The van der Waals surface area contributed by atoms with Crippen molar-refractivity contribution in [2.45, 2.75) is 38.5 Å². The molecule has 0 fully saturated rings. The van der Waals surface area contributed by atoms with Crippen LogP contribution in [0.5, 0.6) is 0 Å². The van der Waals surface area contributed by atoms with Crippen LogP contribution in [-0.4, -0.2) is 0 Å². The molecule has 1 nitrogen and oxygen atoms in total. The molecule has 0 N–H and O–H groups in total. The lowest BCUT2D eigenvalue weighted by molar-refractivity contribution is 0.660. The molecule has 10 rings (SSSR count). The van der Waals surface area contributed by atoms with Gasteiger partial charge in [-0.15, -0.1) is 0 Å². The van der Waals surface area contributed by atoms with Crippen LogP contribution in [0.2, 0.25) is 0 Å². The maximum Gasteiger partial charge on any atom is 0.0474 e. The van der Waals surface area contributed by atoms with Gasteiger partial charge in [0, 0.05) is 27.9 Å². The maximum atomic E-state index is 2.47. The Morgan fingerprint density at radius 2 is 0.727 bits per heavy atom. The van der Waals surface area contributed by atoms with E-state index in [4.69, 9.17) is 0 Å². The fourth-order valence-electron chi connectivity index (χ4n) is 9.45. The SMILES string of the molecule is CC1(C)c2ccccc2-c2ccc(N(c3ccc(-c4ccc(-c5ccccc5)cc4)cc3)c3cc(-c4ccccc4)c4c(c3)-c3ccccc3C4(C)C)cc21. The third kappa shape index (κ3) is 5.29. The minimum Gasteiger partial charge on any atom is -0.310 e. The molecular weight excluding hydrogens is 663 g/mol. The van der Waals surface area contributed by atoms with Gasteiger partial charge in [-0.3, -0.25) is 0 Å². The van der Waals surface area contributed by atoms with Crippen molar-refractivity contribution in [2.24, 2.45) is 0 Å². The molecule has 2 aliphatic rings. The summed E-state index contributed by atoms with van der Waals surface area (Å²) in [4.78, 5) is 2.47. The van der Waals surface area contributed by atoms with E-state index in [2.05, 4.69) is 221 Å². The van der Waals surface area contributed by atoms with E-state index >= 15 is 0 Å². The summed E-state index contributed by atoms with van der Waals surface area (Å²) >= 11 is 0. The largest absolute Gasteiger partial charge is 0.310 e. The molecule has 8 aromatic rings. The van der Waals surface area contributed by atoms with Crippen molar-refractivity contribution in [1.29, 1.82) is 0 Å². The van der Waals surface area contributed by atoms with E-state index in [0.717, 1.165) is 17.1 Å². The van der Waals surface area contributed by atoms with Crippen molar-refractivity contribution in [3.63, 3.8) is 0 Å². The highest BCUT2D eigenvalue weighted by Gasteiger charge is 2.39. The van der Waals surface area contributed by atoms with Crippen LogP contribution in [0.1, 0.15) is 49.9 Å². The fraction of sp³-hybridized carbons (Fsp3) is 0.111. The molecule has 0 radical (unpaired) electrons. The number of hydrogen-bond donors (Lipinski definition) is 0. The third-order valence-electron chi connectivity index (χ3n) is 12.3. The van der Waals surface area contributed by atoms with Gasteiger partial charge in [0.25, 0.3) is 0 Å². The predicted octanol–water partition coefficient (Wildman–Crippen LogP) is 14.8. The van der Waals surface area contributed by atoms with Gasteiger partial charge in [0.05, 0.1) is 0 Å². The molecular formula is C54H43N. The second-order valence-electron chi connectivity index (χ2n) is 16.2. The van der Waals surface area contributed by atoms with Crippen LogP contribution >= 0.6 is 0 Å². The van der Waals surface area contributed by atoms with Crippen LogP contribution in [0.15, 0.2) is 188 Å². The average Bonchev–Trinajstić information content (AvgIpc) is 3.61.